The normalized spacial score (nSPS) is 23.1. The lowest BCUT2D eigenvalue weighted by Gasteiger charge is -2.35. The summed E-state index contributed by atoms with van der Waals surface area (Å²) in [4.78, 5) is 20.9. The molecule has 0 radical (unpaired) electrons. The van der Waals surface area contributed by atoms with E-state index in [1.807, 2.05) is 12.1 Å². The fourth-order valence-corrected chi connectivity index (χ4v) is 7.65. The van der Waals surface area contributed by atoms with Crippen LogP contribution < -0.4 is 14.9 Å². The van der Waals surface area contributed by atoms with Gasteiger partial charge in [0.15, 0.2) is 0 Å². The van der Waals surface area contributed by atoms with Gasteiger partial charge in [-0.15, -0.1) is 0 Å². The lowest BCUT2D eigenvalue weighted by atomic mass is 9.93. The number of fused-ring (bicyclic) bond motifs is 7. The second-order valence-electron chi connectivity index (χ2n) is 11.5. The molecule has 4 aliphatic rings. The zero-order chi connectivity index (χ0) is 26.1. The molecular weight excluding hydrogens is 502 g/mol. The summed E-state index contributed by atoms with van der Waals surface area (Å²) in [5.41, 5.74) is 4.68. The topological polar surface area (TPSA) is 117 Å². The molecule has 2 aliphatic carbocycles. The summed E-state index contributed by atoms with van der Waals surface area (Å²) in [6, 6.07) is 11.5. The van der Waals surface area contributed by atoms with Gasteiger partial charge in [0, 0.05) is 25.0 Å². The second-order valence-corrected chi connectivity index (χ2v) is 13.3. The van der Waals surface area contributed by atoms with Crippen LogP contribution in [0.25, 0.3) is 11.0 Å². The van der Waals surface area contributed by atoms with Gasteiger partial charge in [-0.05, 0) is 80.7 Å². The number of amides is 1. The zero-order valence-corrected chi connectivity index (χ0v) is 22.1. The number of piperidine rings is 1. The Morgan fingerprint density at radius 1 is 1.11 bits per heavy atom. The van der Waals surface area contributed by atoms with E-state index in [4.69, 9.17) is 10.1 Å². The summed E-state index contributed by atoms with van der Waals surface area (Å²) in [5, 5.41) is 12.2. The van der Waals surface area contributed by atoms with Gasteiger partial charge in [0.05, 0.1) is 40.5 Å². The zero-order valence-electron chi connectivity index (χ0n) is 21.3. The van der Waals surface area contributed by atoms with Crippen molar-refractivity contribution < 1.29 is 18.3 Å². The van der Waals surface area contributed by atoms with E-state index in [0.29, 0.717) is 34.3 Å². The molecule has 200 valence electrons. The van der Waals surface area contributed by atoms with E-state index in [1.165, 1.54) is 32.1 Å². The minimum absolute atomic E-state index is 0.236. The fourth-order valence-electron chi connectivity index (χ4n) is 6.82. The molecule has 9 nitrogen and oxygen atoms in total. The first kappa shape index (κ1) is 24.0. The first-order chi connectivity index (χ1) is 18.3. The van der Waals surface area contributed by atoms with Crippen LogP contribution in [0.15, 0.2) is 36.4 Å². The van der Waals surface area contributed by atoms with E-state index in [0.717, 1.165) is 48.5 Å². The van der Waals surface area contributed by atoms with Crippen LogP contribution in [-0.4, -0.2) is 54.4 Å². The van der Waals surface area contributed by atoms with Crippen molar-refractivity contribution >= 4 is 44.0 Å². The molecule has 3 aromatic rings. The molecule has 1 saturated heterocycles. The molecule has 1 amide bonds. The van der Waals surface area contributed by atoms with Crippen LogP contribution in [-0.2, 0) is 10.0 Å². The van der Waals surface area contributed by atoms with Crippen LogP contribution >= 0.6 is 0 Å². The first-order valence-electron chi connectivity index (χ1n) is 13.7. The number of hydrogen-bond acceptors (Lipinski definition) is 6. The number of sulfonamides is 1. The van der Waals surface area contributed by atoms with E-state index < -0.39 is 16.6 Å². The van der Waals surface area contributed by atoms with Gasteiger partial charge in [-0.2, -0.15) is 0 Å². The third-order valence-corrected chi connectivity index (χ3v) is 10.4. The molecule has 3 fully saturated rings. The minimum atomic E-state index is -3.68. The van der Waals surface area contributed by atoms with Gasteiger partial charge in [0.1, 0.15) is 11.3 Å². The van der Waals surface area contributed by atoms with Gasteiger partial charge in [0.2, 0.25) is 10.0 Å². The summed E-state index contributed by atoms with van der Waals surface area (Å²) in [5.74, 6) is 1.04. The number of carbonyl (C=O) groups excluding carboxylic acids is 1. The number of carbonyl (C=O) groups is 1. The Kier molecular flexibility index (Phi) is 5.49. The molecule has 2 aromatic carbocycles. The smallest absolute Gasteiger partial charge is 0.257 e. The lowest BCUT2D eigenvalue weighted by molar-refractivity contribution is 0.102. The van der Waals surface area contributed by atoms with E-state index in [1.54, 1.807) is 18.2 Å². The van der Waals surface area contributed by atoms with Crippen LogP contribution in [0.3, 0.4) is 0 Å². The van der Waals surface area contributed by atoms with Gasteiger partial charge in [0.25, 0.3) is 5.91 Å². The van der Waals surface area contributed by atoms with Gasteiger partial charge in [-0.3, -0.25) is 9.52 Å². The van der Waals surface area contributed by atoms with E-state index in [-0.39, 0.29) is 11.7 Å². The Hall–Kier alpha value is -3.11. The summed E-state index contributed by atoms with van der Waals surface area (Å²) < 4.78 is 29.5. The molecule has 2 bridgehead atoms. The highest BCUT2D eigenvalue weighted by molar-refractivity contribution is 7.92. The monoisotopic (exact) mass is 535 g/mol. The van der Waals surface area contributed by atoms with Crippen molar-refractivity contribution in [3.05, 3.63) is 47.8 Å². The highest BCUT2D eigenvalue weighted by Gasteiger charge is 2.45. The van der Waals surface area contributed by atoms with E-state index >= 15 is 0 Å². The molecule has 1 spiro atoms. The Labute approximate surface area is 222 Å². The van der Waals surface area contributed by atoms with E-state index in [2.05, 4.69) is 25.6 Å². The largest absolute Gasteiger partial charge is 0.395 e. The van der Waals surface area contributed by atoms with Crippen LogP contribution in [0.4, 0.5) is 17.1 Å². The maximum absolute atomic E-state index is 13.7. The van der Waals surface area contributed by atoms with Crippen molar-refractivity contribution in [2.24, 2.45) is 5.41 Å². The van der Waals surface area contributed by atoms with Crippen molar-refractivity contribution in [2.45, 2.75) is 56.9 Å². The summed E-state index contributed by atoms with van der Waals surface area (Å²) in [6.07, 6.45) is 8.25. The van der Waals surface area contributed by atoms with Crippen LogP contribution in [0, 0.1) is 5.41 Å². The Balaban J connectivity index is 1.21. The minimum Gasteiger partial charge on any atom is -0.395 e. The number of nitrogens with zero attached hydrogens (tertiary/aromatic N) is 3. The lowest BCUT2D eigenvalue weighted by Crippen LogP contribution is -2.35. The predicted molar refractivity (Wildman–Crippen MR) is 147 cm³/mol. The number of aliphatic hydroxyl groups excluding tert-OH is 1. The second kappa shape index (κ2) is 8.71. The summed E-state index contributed by atoms with van der Waals surface area (Å²) in [6.45, 7) is 1.21. The molecule has 0 unspecified atom stereocenters. The molecule has 38 heavy (non-hydrogen) atoms. The van der Waals surface area contributed by atoms with E-state index in [9.17, 15) is 13.2 Å². The predicted octanol–water partition coefficient (Wildman–Crippen LogP) is 4.23. The number of para-hydroxylation sites is 1. The fraction of sp³-hybridized carbons (Fsp3) is 0.500. The van der Waals surface area contributed by atoms with Crippen LogP contribution in [0.5, 0.6) is 0 Å². The van der Waals surface area contributed by atoms with Crippen molar-refractivity contribution in [3.63, 3.8) is 0 Å². The number of rotatable bonds is 7. The maximum atomic E-state index is 13.7. The third-order valence-electron chi connectivity index (χ3n) is 9.13. The number of imidazole rings is 1. The molecule has 2 atom stereocenters. The number of aliphatic hydroxyl groups is 1. The number of hydrogen-bond donors (Lipinski definition) is 3. The van der Waals surface area contributed by atoms with Gasteiger partial charge in [-0.1, -0.05) is 6.07 Å². The molecular formula is C28H33N5O4S. The Morgan fingerprint density at radius 2 is 1.92 bits per heavy atom. The SMILES string of the molecule is O=C(Nc1cccc2c1nc1n2[C@@H]2CC[C@H]1C2)c1ccc(NS(=O)(=O)CCO)cc1N1CCC2(CC1)CC2. The summed E-state index contributed by atoms with van der Waals surface area (Å²) in [7, 11) is -3.68. The maximum Gasteiger partial charge on any atom is 0.257 e. The molecule has 2 saturated carbocycles. The van der Waals surface area contributed by atoms with Gasteiger partial charge < -0.3 is 19.9 Å². The number of benzene rings is 2. The number of nitrogens with one attached hydrogen (secondary N) is 2. The molecule has 3 heterocycles. The Morgan fingerprint density at radius 3 is 2.68 bits per heavy atom. The molecule has 10 heteroatoms. The van der Waals surface area contributed by atoms with Crippen molar-refractivity contribution in [3.8, 4) is 0 Å². The van der Waals surface area contributed by atoms with Crippen molar-refractivity contribution in [1.82, 2.24) is 9.55 Å². The number of anilines is 3. The van der Waals surface area contributed by atoms with Crippen LogP contribution in [0.2, 0.25) is 0 Å². The van der Waals surface area contributed by atoms with Gasteiger partial charge >= 0.3 is 0 Å². The molecule has 7 rings (SSSR count). The van der Waals surface area contributed by atoms with Gasteiger partial charge in [-0.25, -0.2) is 13.4 Å². The molecule has 1 aromatic heterocycles. The molecule has 2 aliphatic heterocycles. The van der Waals surface area contributed by atoms with Crippen molar-refractivity contribution in [2.75, 3.05) is 40.4 Å². The summed E-state index contributed by atoms with van der Waals surface area (Å²) >= 11 is 0. The standard InChI is InChI=1S/C28H33N5O4S/c34-14-15-38(36,37)31-19-5-7-21(24(17-19)32-12-10-28(8-9-28)11-13-32)27(35)29-22-2-1-3-23-25(22)30-26-18-4-6-20(16-18)33(23)26/h1-3,5,7,17-18,20,31,34H,4,6,8-16H2,(H,29,35)/t18-,20+/m0/s1. The number of aromatic nitrogens is 2. The highest BCUT2D eigenvalue weighted by Crippen LogP contribution is 2.54. The first-order valence-corrected chi connectivity index (χ1v) is 15.3. The average molecular weight is 536 g/mol. The third kappa shape index (κ3) is 4.05. The van der Waals surface area contributed by atoms with Crippen molar-refractivity contribution in [1.29, 1.82) is 0 Å². The van der Waals surface area contributed by atoms with Crippen LogP contribution in [0.1, 0.15) is 73.1 Å². The quantitative estimate of drug-likeness (QED) is 0.417. The highest BCUT2D eigenvalue weighted by atomic mass is 32.2. The Bertz CT molecular complexity index is 1530. The average Bonchev–Trinajstić information content (AvgIpc) is 3.23. The molecule has 3 N–H and O–H groups in total.